The van der Waals surface area contributed by atoms with Crippen LogP contribution in [-0.2, 0) is 0 Å². The van der Waals surface area contributed by atoms with E-state index in [1.165, 1.54) is 6.08 Å². The largest absolute Gasteiger partial charge is 0.385 e. The molecule has 15 heavy (non-hydrogen) atoms. The predicted molar refractivity (Wildman–Crippen MR) is 57.6 cm³/mol. The number of nitro groups is 1. The normalized spacial score (nSPS) is 11.9. The number of allylic oxidation sites excluding steroid dienone is 2. The van der Waals surface area contributed by atoms with Crippen LogP contribution in [0, 0.1) is 10.1 Å². The Bertz CT molecular complexity index is 382. The summed E-state index contributed by atoms with van der Waals surface area (Å²) in [5, 5.41) is 19.0. The standard InChI is InChI=1S/C11H11NO3/c13-9-11(12(14)15)8-4-7-10-5-2-1-3-6-10/h1-8,13H,9H2/b7-4+,11-8+. The molecule has 1 aromatic rings. The minimum Gasteiger partial charge on any atom is -0.385 e. The first-order chi connectivity index (χ1) is 7.24. The lowest BCUT2D eigenvalue weighted by Crippen LogP contribution is -2.02. The van der Waals surface area contributed by atoms with E-state index in [1.807, 2.05) is 30.3 Å². The van der Waals surface area contributed by atoms with Crippen LogP contribution in [0.3, 0.4) is 0 Å². The minimum absolute atomic E-state index is 0.220. The zero-order valence-corrected chi connectivity index (χ0v) is 8.04. The molecule has 0 saturated carbocycles. The van der Waals surface area contributed by atoms with E-state index in [0.29, 0.717) is 0 Å². The third kappa shape index (κ3) is 3.74. The average molecular weight is 205 g/mol. The molecule has 0 bridgehead atoms. The molecule has 1 N–H and O–H groups in total. The van der Waals surface area contributed by atoms with Crippen LogP contribution < -0.4 is 0 Å². The summed E-state index contributed by atoms with van der Waals surface area (Å²) in [5.41, 5.74) is 0.733. The van der Waals surface area contributed by atoms with Gasteiger partial charge in [-0.1, -0.05) is 42.5 Å². The Morgan fingerprint density at radius 1 is 1.40 bits per heavy atom. The van der Waals surface area contributed by atoms with Gasteiger partial charge >= 0.3 is 0 Å². The van der Waals surface area contributed by atoms with Gasteiger partial charge in [0.2, 0.25) is 0 Å². The van der Waals surface area contributed by atoms with Crippen molar-refractivity contribution in [3.63, 3.8) is 0 Å². The summed E-state index contributed by atoms with van der Waals surface area (Å²) >= 11 is 0. The topological polar surface area (TPSA) is 63.4 Å². The lowest BCUT2D eigenvalue weighted by molar-refractivity contribution is -0.429. The van der Waals surface area contributed by atoms with Gasteiger partial charge in [0.1, 0.15) is 6.61 Å². The van der Waals surface area contributed by atoms with Crippen molar-refractivity contribution in [1.29, 1.82) is 0 Å². The van der Waals surface area contributed by atoms with Gasteiger partial charge in [0.15, 0.2) is 0 Å². The van der Waals surface area contributed by atoms with Crippen LogP contribution in [0.25, 0.3) is 6.08 Å². The summed E-state index contributed by atoms with van der Waals surface area (Å²) in [6, 6.07) is 9.42. The molecule has 0 spiro atoms. The number of aliphatic hydroxyl groups excluding tert-OH is 1. The van der Waals surface area contributed by atoms with E-state index >= 15 is 0 Å². The first-order valence-electron chi connectivity index (χ1n) is 4.41. The fourth-order valence-electron chi connectivity index (χ4n) is 1.01. The molecule has 0 unspecified atom stereocenters. The van der Waals surface area contributed by atoms with Gasteiger partial charge in [-0.25, -0.2) is 0 Å². The van der Waals surface area contributed by atoms with Crippen molar-refractivity contribution in [2.45, 2.75) is 0 Å². The van der Waals surface area contributed by atoms with E-state index < -0.39 is 11.5 Å². The summed E-state index contributed by atoms with van der Waals surface area (Å²) in [4.78, 5) is 9.71. The lowest BCUT2D eigenvalue weighted by atomic mass is 10.2. The van der Waals surface area contributed by atoms with Crippen molar-refractivity contribution in [2.75, 3.05) is 6.61 Å². The molecule has 4 heteroatoms. The Balaban J connectivity index is 2.70. The van der Waals surface area contributed by atoms with Gasteiger partial charge in [0, 0.05) is 6.08 Å². The zero-order chi connectivity index (χ0) is 11.1. The highest BCUT2D eigenvalue weighted by Crippen LogP contribution is 2.02. The molecule has 0 aliphatic heterocycles. The Morgan fingerprint density at radius 3 is 2.60 bits per heavy atom. The summed E-state index contributed by atoms with van der Waals surface area (Å²) < 4.78 is 0. The summed E-state index contributed by atoms with van der Waals surface area (Å²) in [7, 11) is 0. The number of aliphatic hydroxyl groups is 1. The van der Waals surface area contributed by atoms with Gasteiger partial charge in [-0.05, 0) is 5.56 Å². The maximum absolute atomic E-state index is 10.3. The van der Waals surface area contributed by atoms with Crippen molar-refractivity contribution < 1.29 is 10.0 Å². The first kappa shape index (κ1) is 11.1. The lowest BCUT2D eigenvalue weighted by Gasteiger charge is -1.91. The first-order valence-corrected chi connectivity index (χ1v) is 4.41. The second kappa shape index (κ2) is 5.72. The molecule has 0 fully saturated rings. The fraction of sp³-hybridized carbons (Fsp3) is 0.0909. The van der Waals surface area contributed by atoms with Crippen molar-refractivity contribution in [1.82, 2.24) is 0 Å². The van der Waals surface area contributed by atoms with Crippen LogP contribution >= 0.6 is 0 Å². The van der Waals surface area contributed by atoms with Crippen molar-refractivity contribution in [3.05, 3.63) is 63.9 Å². The van der Waals surface area contributed by atoms with E-state index in [9.17, 15) is 10.1 Å². The van der Waals surface area contributed by atoms with E-state index in [-0.39, 0.29) is 5.70 Å². The Hall–Kier alpha value is -1.94. The van der Waals surface area contributed by atoms with Crippen LogP contribution in [0.15, 0.2) is 48.2 Å². The third-order valence-electron chi connectivity index (χ3n) is 1.77. The van der Waals surface area contributed by atoms with E-state index in [4.69, 9.17) is 5.11 Å². The SMILES string of the molecule is O=[N+]([O-])/C(=C/C=C/c1ccccc1)CO. The highest BCUT2D eigenvalue weighted by molar-refractivity contribution is 5.50. The van der Waals surface area contributed by atoms with E-state index in [1.54, 1.807) is 12.2 Å². The maximum atomic E-state index is 10.3. The van der Waals surface area contributed by atoms with Gasteiger partial charge < -0.3 is 5.11 Å². The molecule has 0 aliphatic rings. The predicted octanol–water partition coefficient (Wildman–Crippen LogP) is 1.85. The van der Waals surface area contributed by atoms with Crippen LogP contribution in [-0.4, -0.2) is 16.6 Å². The highest BCUT2D eigenvalue weighted by atomic mass is 16.6. The number of rotatable bonds is 4. The highest BCUT2D eigenvalue weighted by Gasteiger charge is 2.05. The van der Waals surface area contributed by atoms with Gasteiger partial charge in [0.05, 0.1) is 4.92 Å². The number of benzene rings is 1. The fourth-order valence-corrected chi connectivity index (χ4v) is 1.01. The monoisotopic (exact) mass is 205 g/mol. The molecule has 0 radical (unpaired) electrons. The van der Waals surface area contributed by atoms with Crippen LogP contribution in [0.5, 0.6) is 0 Å². The maximum Gasteiger partial charge on any atom is 0.271 e. The minimum atomic E-state index is -0.602. The Morgan fingerprint density at radius 2 is 2.07 bits per heavy atom. The van der Waals surface area contributed by atoms with E-state index in [0.717, 1.165) is 5.56 Å². The average Bonchev–Trinajstić information content (AvgIpc) is 2.25. The molecule has 1 aromatic carbocycles. The molecule has 0 heterocycles. The molecule has 0 saturated heterocycles. The smallest absolute Gasteiger partial charge is 0.271 e. The Kier molecular flexibility index (Phi) is 4.25. The van der Waals surface area contributed by atoms with Crippen molar-refractivity contribution >= 4 is 6.08 Å². The van der Waals surface area contributed by atoms with Crippen LogP contribution in [0.4, 0.5) is 0 Å². The molecule has 1 rings (SSSR count). The van der Waals surface area contributed by atoms with Gasteiger partial charge in [0.25, 0.3) is 5.70 Å². The quantitative estimate of drug-likeness (QED) is 0.463. The molecule has 78 valence electrons. The number of hydrogen-bond donors (Lipinski definition) is 1. The zero-order valence-electron chi connectivity index (χ0n) is 8.04. The second-order valence-corrected chi connectivity index (χ2v) is 2.84. The molecule has 0 amide bonds. The van der Waals surface area contributed by atoms with Gasteiger partial charge in [-0.15, -0.1) is 0 Å². The third-order valence-corrected chi connectivity index (χ3v) is 1.77. The summed E-state index contributed by atoms with van der Waals surface area (Å²) in [6.07, 6.45) is 4.57. The molecule has 0 aromatic heterocycles. The molecular formula is C11H11NO3. The molecular weight excluding hydrogens is 194 g/mol. The molecule has 4 nitrogen and oxygen atoms in total. The van der Waals surface area contributed by atoms with E-state index in [2.05, 4.69) is 0 Å². The second-order valence-electron chi connectivity index (χ2n) is 2.84. The molecule has 0 atom stereocenters. The summed E-state index contributed by atoms with van der Waals surface area (Å²) in [6.45, 7) is -0.563. The van der Waals surface area contributed by atoms with Gasteiger partial charge in [-0.2, -0.15) is 0 Å². The van der Waals surface area contributed by atoms with Crippen LogP contribution in [0.2, 0.25) is 0 Å². The summed E-state index contributed by atoms with van der Waals surface area (Å²) in [5.74, 6) is 0. The van der Waals surface area contributed by atoms with Crippen molar-refractivity contribution in [2.24, 2.45) is 0 Å². The molecule has 0 aliphatic carbocycles. The number of hydrogen-bond acceptors (Lipinski definition) is 3. The van der Waals surface area contributed by atoms with Gasteiger partial charge in [-0.3, -0.25) is 10.1 Å². The van der Waals surface area contributed by atoms with Crippen LogP contribution in [0.1, 0.15) is 5.56 Å². The number of nitrogens with zero attached hydrogens (tertiary/aromatic N) is 1. The Labute approximate surface area is 87.3 Å². The van der Waals surface area contributed by atoms with Crippen molar-refractivity contribution in [3.8, 4) is 0 Å².